The minimum atomic E-state index is -0.358. The van der Waals surface area contributed by atoms with Crippen molar-refractivity contribution in [3.63, 3.8) is 0 Å². The molecule has 9 heteroatoms. The van der Waals surface area contributed by atoms with Crippen LogP contribution >= 0.6 is 11.8 Å². The Bertz CT molecular complexity index is 1290. The molecule has 0 fully saturated rings. The molecule has 0 bridgehead atoms. The third-order valence-corrected chi connectivity index (χ3v) is 6.58. The first-order valence-electron chi connectivity index (χ1n) is 11.5. The van der Waals surface area contributed by atoms with Crippen molar-refractivity contribution in [3.8, 4) is 11.5 Å². The Morgan fingerprint density at radius 3 is 2.22 bits per heavy atom. The van der Waals surface area contributed by atoms with E-state index >= 15 is 0 Å². The Labute approximate surface area is 214 Å². The van der Waals surface area contributed by atoms with Gasteiger partial charge in [0.1, 0.15) is 10.6 Å². The van der Waals surface area contributed by atoms with Crippen molar-refractivity contribution in [3.05, 3.63) is 87.7 Å². The van der Waals surface area contributed by atoms with Crippen molar-refractivity contribution in [2.24, 2.45) is 0 Å². The molecule has 3 aromatic rings. The van der Waals surface area contributed by atoms with Crippen LogP contribution in [0.25, 0.3) is 0 Å². The van der Waals surface area contributed by atoms with Crippen LogP contribution in [0.5, 0.6) is 11.5 Å². The number of benzene rings is 2. The van der Waals surface area contributed by atoms with E-state index in [0.717, 1.165) is 34.3 Å². The molecule has 2 amide bonds. The normalized spacial score (nSPS) is 13.4. The number of carbonyl (C=O) groups is 2. The van der Waals surface area contributed by atoms with Crippen LogP contribution in [0.15, 0.2) is 70.4 Å². The maximum Gasteiger partial charge on any atom is 0.278 e. The minimum Gasteiger partial charge on any atom is -0.493 e. The second-order valence-corrected chi connectivity index (χ2v) is 9.27. The summed E-state index contributed by atoms with van der Waals surface area (Å²) in [5.41, 5.74) is 3.74. The van der Waals surface area contributed by atoms with E-state index in [1.54, 1.807) is 14.2 Å². The summed E-state index contributed by atoms with van der Waals surface area (Å²) in [5, 5.41) is 3.65. The van der Waals surface area contributed by atoms with Gasteiger partial charge in [-0.05, 0) is 61.4 Å². The van der Waals surface area contributed by atoms with E-state index in [1.807, 2.05) is 68.4 Å². The van der Waals surface area contributed by atoms with Crippen LogP contribution in [0.1, 0.15) is 22.5 Å². The Kier molecular flexibility index (Phi) is 7.90. The average molecular weight is 505 g/mol. The highest BCUT2D eigenvalue weighted by molar-refractivity contribution is 8.04. The number of aromatic nitrogens is 2. The molecule has 0 aliphatic carbocycles. The Morgan fingerprint density at radius 2 is 1.56 bits per heavy atom. The molecule has 0 atom stereocenters. The van der Waals surface area contributed by atoms with Gasteiger partial charge in [-0.1, -0.05) is 36.4 Å². The zero-order chi connectivity index (χ0) is 25.7. The molecular weight excluding hydrogens is 476 g/mol. The van der Waals surface area contributed by atoms with Gasteiger partial charge in [-0.15, -0.1) is 0 Å². The van der Waals surface area contributed by atoms with Crippen molar-refractivity contribution < 1.29 is 19.1 Å². The second-order valence-electron chi connectivity index (χ2n) is 8.29. The smallest absolute Gasteiger partial charge is 0.278 e. The first kappa shape index (κ1) is 25.2. The number of hydrogen-bond donors (Lipinski definition) is 1. The predicted octanol–water partition coefficient (Wildman–Crippen LogP) is 3.82. The molecule has 8 nitrogen and oxygen atoms in total. The lowest BCUT2D eigenvalue weighted by atomic mass is 10.1. The maximum atomic E-state index is 13.4. The molecule has 186 valence electrons. The van der Waals surface area contributed by atoms with E-state index in [1.165, 1.54) is 4.90 Å². The molecule has 1 aliphatic heterocycles. The van der Waals surface area contributed by atoms with Crippen LogP contribution in [-0.2, 0) is 22.6 Å². The molecule has 2 heterocycles. The van der Waals surface area contributed by atoms with Gasteiger partial charge in [0.05, 0.1) is 20.8 Å². The van der Waals surface area contributed by atoms with Gasteiger partial charge in [0, 0.05) is 17.9 Å². The van der Waals surface area contributed by atoms with Crippen LogP contribution in [0, 0.1) is 13.8 Å². The summed E-state index contributed by atoms with van der Waals surface area (Å²) in [7, 11) is 3.18. The largest absolute Gasteiger partial charge is 0.493 e. The second kappa shape index (κ2) is 11.3. The van der Waals surface area contributed by atoms with Crippen LogP contribution < -0.4 is 14.8 Å². The Hall–Kier alpha value is -3.85. The van der Waals surface area contributed by atoms with Crippen LogP contribution in [0.3, 0.4) is 0 Å². The molecule has 2 aromatic carbocycles. The number of nitrogens with zero attached hydrogens (tertiary/aromatic N) is 3. The number of hydrogen-bond acceptors (Lipinski definition) is 8. The average Bonchev–Trinajstić information content (AvgIpc) is 3.08. The van der Waals surface area contributed by atoms with Crippen molar-refractivity contribution in [1.82, 2.24) is 20.2 Å². The molecule has 0 spiro atoms. The van der Waals surface area contributed by atoms with Gasteiger partial charge in [-0.3, -0.25) is 14.5 Å². The van der Waals surface area contributed by atoms with Gasteiger partial charge in [0.15, 0.2) is 16.7 Å². The molecule has 36 heavy (non-hydrogen) atoms. The van der Waals surface area contributed by atoms with Gasteiger partial charge < -0.3 is 14.8 Å². The quantitative estimate of drug-likeness (QED) is 0.329. The van der Waals surface area contributed by atoms with E-state index in [9.17, 15) is 9.59 Å². The molecule has 4 rings (SSSR count). The molecule has 1 aliphatic rings. The highest BCUT2D eigenvalue weighted by atomic mass is 32.2. The van der Waals surface area contributed by atoms with Crippen LogP contribution in [0.4, 0.5) is 0 Å². The summed E-state index contributed by atoms with van der Waals surface area (Å²) >= 11 is 1.12. The van der Waals surface area contributed by atoms with Crippen molar-refractivity contribution in [1.29, 1.82) is 0 Å². The van der Waals surface area contributed by atoms with Gasteiger partial charge in [0.2, 0.25) is 0 Å². The van der Waals surface area contributed by atoms with E-state index in [0.29, 0.717) is 34.5 Å². The summed E-state index contributed by atoms with van der Waals surface area (Å²) in [6.45, 7) is 4.38. The first-order chi connectivity index (χ1) is 17.4. The summed E-state index contributed by atoms with van der Waals surface area (Å²) in [4.78, 5) is 37.2. The number of aryl methyl sites for hydroxylation is 2. The highest BCUT2D eigenvalue weighted by Gasteiger charge is 2.39. The zero-order valence-corrected chi connectivity index (χ0v) is 21.5. The lowest BCUT2D eigenvalue weighted by molar-refractivity contribution is -0.138. The molecule has 1 N–H and O–H groups in total. The molecule has 0 saturated heterocycles. The fourth-order valence-corrected chi connectivity index (χ4v) is 4.93. The number of thioether (sulfide) groups is 1. The van der Waals surface area contributed by atoms with E-state index < -0.39 is 0 Å². The monoisotopic (exact) mass is 504 g/mol. The number of methoxy groups -OCH3 is 2. The number of imide groups is 1. The van der Waals surface area contributed by atoms with Crippen LogP contribution in [0.2, 0.25) is 0 Å². The Morgan fingerprint density at radius 1 is 0.861 bits per heavy atom. The van der Waals surface area contributed by atoms with E-state index in [-0.39, 0.29) is 24.1 Å². The predicted molar refractivity (Wildman–Crippen MR) is 138 cm³/mol. The maximum absolute atomic E-state index is 13.4. The SMILES string of the molecule is COc1ccc(CCNC2=C(Sc3nc(C)cc(C)n3)C(=O)N(Cc3ccccc3)C2=O)cc1OC. The zero-order valence-electron chi connectivity index (χ0n) is 20.7. The lowest BCUT2D eigenvalue weighted by Crippen LogP contribution is -2.33. The van der Waals surface area contributed by atoms with E-state index in [2.05, 4.69) is 15.3 Å². The van der Waals surface area contributed by atoms with Crippen LogP contribution in [-0.4, -0.2) is 47.4 Å². The first-order valence-corrected chi connectivity index (χ1v) is 12.3. The molecule has 0 unspecified atom stereocenters. The van der Waals surface area contributed by atoms with Crippen molar-refractivity contribution >= 4 is 23.6 Å². The molecule has 1 aromatic heterocycles. The topological polar surface area (TPSA) is 93.6 Å². The number of ether oxygens (including phenoxy) is 2. The number of nitrogens with one attached hydrogen (secondary N) is 1. The fraction of sp³-hybridized carbons (Fsp3) is 0.259. The summed E-state index contributed by atoms with van der Waals surface area (Å²) in [5.74, 6) is 0.573. The third-order valence-electron chi connectivity index (χ3n) is 5.63. The number of amides is 2. The fourth-order valence-electron chi connectivity index (χ4n) is 3.91. The number of carbonyl (C=O) groups excluding carboxylic acids is 2. The van der Waals surface area contributed by atoms with Crippen molar-refractivity contribution in [2.75, 3.05) is 20.8 Å². The standard InChI is InChI=1S/C27H28N4O4S/c1-17-14-18(2)30-27(29-17)36-24-23(25(32)31(26(24)33)16-20-8-6-5-7-9-20)28-13-12-19-10-11-21(34-3)22(15-19)35-4/h5-11,14-15,28H,12-13,16H2,1-4H3. The summed E-state index contributed by atoms with van der Waals surface area (Å²) in [6.07, 6.45) is 0.613. The number of rotatable bonds is 10. The molecule has 0 saturated carbocycles. The highest BCUT2D eigenvalue weighted by Crippen LogP contribution is 2.34. The van der Waals surface area contributed by atoms with Gasteiger partial charge in [0.25, 0.3) is 11.8 Å². The molecular formula is C27H28N4O4S. The third kappa shape index (κ3) is 5.68. The van der Waals surface area contributed by atoms with Gasteiger partial charge in [-0.25, -0.2) is 9.97 Å². The Balaban J connectivity index is 1.57. The summed E-state index contributed by atoms with van der Waals surface area (Å²) in [6, 6.07) is 17.0. The van der Waals surface area contributed by atoms with E-state index in [4.69, 9.17) is 9.47 Å². The van der Waals surface area contributed by atoms with Crippen molar-refractivity contribution in [2.45, 2.75) is 32.0 Å². The minimum absolute atomic E-state index is 0.192. The lowest BCUT2D eigenvalue weighted by Gasteiger charge is -2.15. The van der Waals surface area contributed by atoms with Gasteiger partial charge >= 0.3 is 0 Å². The summed E-state index contributed by atoms with van der Waals surface area (Å²) < 4.78 is 10.7. The van der Waals surface area contributed by atoms with Gasteiger partial charge in [-0.2, -0.15) is 0 Å². The molecule has 0 radical (unpaired) electrons.